The summed E-state index contributed by atoms with van der Waals surface area (Å²) < 4.78 is 23.9. The number of anilines is 1. The molecule has 0 saturated carbocycles. The number of hydrazone groups is 1. The molecule has 0 aliphatic carbocycles. The lowest BCUT2D eigenvalue weighted by molar-refractivity contribution is -0.136. The SMILES string of the molecule is COc1cccc(/C=N\NC(=O)C(=O)Nc2ccc(F)cc2)c1OCC(=O)NCc1ccccc1. The van der Waals surface area contributed by atoms with E-state index >= 15 is 0 Å². The molecule has 3 rings (SSSR count). The number of hydrogen-bond acceptors (Lipinski definition) is 6. The molecule has 3 aromatic rings. The first kappa shape index (κ1) is 24.9. The summed E-state index contributed by atoms with van der Waals surface area (Å²) in [6.07, 6.45) is 1.25. The molecule has 3 N–H and O–H groups in total. The van der Waals surface area contributed by atoms with Gasteiger partial charge < -0.3 is 20.1 Å². The fraction of sp³-hybridized carbons (Fsp3) is 0.120. The normalized spacial score (nSPS) is 10.5. The Morgan fingerprint density at radius 3 is 2.40 bits per heavy atom. The molecule has 0 aliphatic rings. The molecular formula is C25H23FN4O5. The molecule has 9 nitrogen and oxygen atoms in total. The van der Waals surface area contributed by atoms with Crippen molar-refractivity contribution in [2.45, 2.75) is 6.54 Å². The molecule has 0 fully saturated rings. The van der Waals surface area contributed by atoms with Gasteiger partial charge >= 0.3 is 11.8 Å². The van der Waals surface area contributed by atoms with Crippen LogP contribution in [-0.4, -0.2) is 37.7 Å². The van der Waals surface area contributed by atoms with Gasteiger partial charge in [-0.05, 0) is 42.0 Å². The molecule has 10 heteroatoms. The zero-order chi connectivity index (χ0) is 25.0. The second kappa shape index (κ2) is 12.5. The molecule has 3 aromatic carbocycles. The van der Waals surface area contributed by atoms with E-state index in [2.05, 4.69) is 21.2 Å². The Morgan fingerprint density at radius 2 is 1.69 bits per heavy atom. The van der Waals surface area contributed by atoms with E-state index in [-0.39, 0.29) is 24.0 Å². The first-order chi connectivity index (χ1) is 17.0. The van der Waals surface area contributed by atoms with Crippen LogP contribution in [-0.2, 0) is 20.9 Å². The summed E-state index contributed by atoms with van der Waals surface area (Å²) >= 11 is 0. The second-order valence-corrected chi connectivity index (χ2v) is 7.09. The number of carbonyl (C=O) groups is 3. The fourth-order valence-electron chi connectivity index (χ4n) is 2.87. The molecule has 180 valence electrons. The zero-order valence-corrected chi connectivity index (χ0v) is 18.8. The highest BCUT2D eigenvalue weighted by molar-refractivity contribution is 6.39. The van der Waals surface area contributed by atoms with Crippen molar-refractivity contribution in [2.24, 2.45) is 5.10 Å². The van der Waals surface area contributed by atoms with Crippen molar-refractivity contribution in [3.8, 4) is 11.5 Å². The predicted octanol–water partition coefficient (Wildman–Crippen LogP) is 2.62. The third-order valence-corrected chi connectivity index (χ3v) is 4.59. The molecule has 0 aliphatic heterocycles. The van der Waals surface area contributed by atoms with Gasteiger partial charge in [0, 0.05) is 17.8 Å². The molecule has 0 spiro atoms. The number of amides is 3. The Hall–Kier alpha value is -4.73. The van der Waals surface area contributed by atoms with Crippen LogP contribution >= 0.6 is 0 Å². The standard InChI is InChI=1S/C25H23FN4O5/c1-34-21-9-5-8-18(23(21)35-16-22(31)27-14-17-6-3-2-4-7-17)15-28-30-25(33)24(32)29-20-12-10-19(26)11-13-20/h2-13,15H,14,16H2,1H3,(H,27,31)(H,29,32)(H,30,33)/b28-15-. The Balaban J connectivity index is 1.57. The highest BCUT2D eigenvalue weighted by atomic mass is 19.1. The second-order valence-electron chi connectivity index (χ2n) is 7.09. The third-order valence-electron chi connectivity index (χ3n) is 4.59. The lowest BCUT2D eigenvalue weighted by Crippen LogP contribution is -2.32. The van der Waals surface area contributed by atoms with E-state index in [0.717, 1.165) is 17.7 Å². The number of carbonyl (C=O) groups excluding carboxylic acids is 3. The summed E-state index contributed by atoms with van der Waals surface area (Å²) in [5, 5.41) is 8.86. The van der Waals surface area contributed by atoms with Crippen LogP contribution < -0.4 is 25.5 Å². The average molecular weight is 478 g/mol. The number of nitrogens with zero attached hydrogens (tertiary/aromatic N) is 1. The first-order valence-electron chi connectivity index (χ1n) is 10.5. The number of hydrogen-bond donors (Lipinski definition) is 3. The summed E-state index contributed by atoms with van der Waals surface area (Å²) in [7, 11) is 1.44. The molecule has 0 bridgehead atoms. The molecule has 0 aromatic heterocycles. The number of para-hydroxylation sites is 1. The topological polar surface area (TPSA) is 118 Å². The van der Waals surface area contributed by atoms with E-state index in [1.165, 1.54) is 25.5 Å². The van der Waals surface area contributed by atoms with Gasteiger partial charge in [-0.25, -0.2) is 9.82 Å². The minimum Gasteiger partial charge on any atom is -0.493 e. The van der Waals surface area contributed by atoms with E-state index in [0.29, 0.717) is 17.9 Å². The van der Waals surface area contributed by atoms with Crippen molar-refractivity contribution in [2.75, 3.05) is 19.0 Å². The van der Waals surface area contributed by atoms with Gasteiger partial charge in [-0.1, -0.05) is 36.4 Å². The first-order valence-corrected chi connectivity index (χ1v) is 10.5. The minimum atomic E-state index is -1.03. The highest BCUT2D eigenvalue weighted by Gasteiger charge is 2.14. The van der Waals surface area contributed by atoms with Crippen LogP contribution in [0.15, 0.2) is 77.9 Å². The van der Waals surface area contributed by atoms with Gasteiger partial charge in [-0.3, -0.25) is 14.4 Å². The van der Waals surface area contributed by atoms with Crippen LogP contribution in [0, 0.1) is 5.82 Å². The summed E-state index contributed by atoms with van der Waals surface area (Å²) in [4.78, 5) is 36.2. The number of nitrogens with one attached hydrogen (secondary N) is 3. The number of methoxy groups -OCH3 is 1. The molecule has 35 heavy (non-hydrogen) atoms. The molecule has 0 unspecified atom stereocenters. The maximum atomic E-state index is 13.0. The van der Waals surface area contributed by atoms with Gasteiger partial charge in [0.1, 0.15) is 5.82 Å². The fourth-order valence-corrected chi connectivity index (χ4v) is 2.87. The van der Waals surface area contributed by atoms with Crippen LogP contribution in [0.1, 0.15) is 11.1 Å². The Kier molecular flexibility index (Phi) is 8.89. The number of halogens is 1. The van der Waals surface area contributed by atoms with Crippen molar-refractivity contribution in [3.63, 3.8) is 0 Å². The van der Waals surface area contributed by atoms with Gasteiger partial charge in [0.2, 0.25) is 0 Å². The van der Waals surface area contributed by atoms with Gasteiger partial charge in [-0.15, -0.1) is 0 Å². The van der Waals surface area contributed by atoms with Gasteiger partial charge in [0.25, 0.3) is 5.91 Å². The van der Waals surface area contributed by atoms with E-state index in [1.54, 1.807) is 18.2 Å². The minimum absolute atomic E-state index is 0.235. The van der Waals surface area contributed by atoms with Crippen LogP contribution in [0.3, 0.4) is 0 Å². The third kappa shape index (κ3) is 7.67. The monoisotopic (exact) mass is 478 g/mol. The predicted molar refractivity (Wildman–Crippen MR) is 128 cm³/mol. The van der Waals surface area contributed by atoms with E-state index in [9.17, 15) is 18.8 Å². The van der Waals surface area contributed by atoms with Gasteiger partial charge in [-0.2, -0.15) is 5.10 Å². The molecule has 0 radical (unpaired) electrons. The molecule has 0 saturated heterocycles. The van der Waals surface area contributed by atoms with Crippen molar-refractivity contribution in [3.05, 3.63) is 89.7 Å². The van der Waals surface area contributed by atoms with Crippen LogP contribution in [0.4, 0.5) is 10.1 Å². The van der Waals surface area contributed by atoms with Crippen LogP contribution in [0.2, 0.25) is 0 Å². The largest absolute Gasteiger partial charge is 0.493 e. The summed E-state index contributed by atoms with van der Waals surface area (Å²) in [5.41, 5.74) is 3.71. The van der Waals surface area contributed by atoms with E-state index < -0.39 is 17.6 Å². The Labute approximate surface area is 200 Å². The number of ether oxygens (including phenoxy) is 2. The maximum Gasteiger partial charge on any atom is 0.329 e. The molecule has 3 amide bonds. The molecular weight excluding hydrogens is 455 g/mol. The highest BCUT2D eigenvalue weighted by Crippen LogP contribution is 2.30. The quantitative estimate of drug-likeness (QED) is 0.248. The Morgan fingerprint density at radius 1 is 0.943 bits per heavy atom. The van der Waals surface area contributed by atoms with Gasteiger partial charge in [0.05, 0.1) is 13.3 Å². The van der Waals surface area contributed by atoms with Crippen molar-refractivity contribution in [1.82, 2.24) is 10.7 Å². The van der Waals surface area contributed by atoms with Crippen LogP contribution in [0.25, 0.3) is 0 Å². The van der Waals surface area contributed by atoms with Crippen LogP contribution in [0.5, 0.6) is 11.5 Å². The summed E-state index contributed by atoms with van der Waals surface area (Å²) in [6.45, 7) is 0.0791. The Bertz CT molecular complexity index is 1200. The summed E-state index contributed by atoms with van der Waals surface area (Å²) in [6, 6.07) is 19.3. The van der Waals surface area contributed by atoms with Crippen molar-refractivity contribution < 1.29 is 28.2 Å². The maximum absolute atomic E-state index is 13.0. The lowest BCUT2D eigenvalue weighted by Gasteiger charge is -2.13. The summed E-state index contributed by atoms with van der Waals surface area (Å²) in [5.74, 6) is -2.23. The van der Waals surface area contributed by atoms with Crippen molar-refractivity contribution >= 4 is 29.6 Å². The molecule has 0 atom stereocenters. The number of benzene rings is 3. The van der Waals surface area contributed by atoms with Crippen molar-refractivity contribution in [1.29, 1.82) is 0 Å². The lowest BCUT2D eigenvalue weighted by atomic mass is 10.2. The average Bonchev–Trinajstić information content (AvgIpc) is 2.88. The van der Waals surface area contributed by atoms with E-state index in [1.807, 2.05) is 30.3 Å². The van der Waals surface area contributed by atoms with Gasteiger partial charge in [0.15, 0.2) is 18.1 Å². The van der Waals surface area contributed by atoms with E-state index in [4.69, 9.17) is 9.47 Å². The smallest absolute Gasteiger partial charge is 0.329 e. The number of rotatable bonds is 9. The molecule has 0 heterocycles. The zero-order valence-electron chi connectivity index (χ0n) is 18.8.